The second-order valence-corrected chi connectivity index (χ2v) is 6.03. The van der Waals surface area contributed by atoms with Gasteiger partial charge in [0.2, 0.25) is 0 Å². The van der Waals surface area contributed by atoms with Crippen LogP contribution in [-0.4, -0.2) is 23.2 Å². The number of aromatic nitrogens is 2. The second-order valence-electron chi connectivity index (χ2n) is 5.59. The Morgan fingerprint density at radius 1 is 1.00 bits per heavy atom. The SMILES string of the molecule is COc1ccc(C)cc1Nc1ccc(NC(=O)c2ccc(Cl)cc2)nn1. The van der Waals surface area contributed by atoms with Crippen LogP contribution in [0.25, 0.3) is 0 Å². The summed E-state index contributed by atoms with van der Waals surface area (Å²) in [5, 5.41) is 14.5. The fraction of sp³-hybridized carbons (Fsp3) is 0.105. The Labute approximate surface area is 156 Å². The summed E-state index contributed by atoms with van der Waals surface area (Å²) in [5.41, 5.74) is 2.37. The highest BCUT2D eigenvalue weighted by molar-refractivity contribution is 6.30. The molecule has 3 rings (SSSR count). The third-order valence-electron chi connectivity index (χ3n) is 3.63. The number of methoxy groups -OCH3 is 1. The van der Waals surface area contributed by atoms with Crippen LogP contribution in [0, 0.1) is 6.92 Å². The van der Waals surface area contributed by atoms with E-state index in [1.54, 1.807) is 43.5 Å². The number of anilines is 3. The number of nitrogens with zero attached hydrogens (tertiary/aromatic N) is 2. The molecule has 0 saturated heterocycles. The van der Waals surface area contributed by atoms with Crippen LogP contribution in [-0.2, 0) is 0 Å². The van der Waals surface area contributed by atoms with Gasteiger partial charge in [-0.05, 0) is 61.0 Å². The van der Waals surface area contributed by atoms with Crippen molar-refractivity contribution in [2.75, 3.05) is 17.7 Å². The van der Waals surface area contributed by atoms with E-state index < -0.39 is 0 Å². The van der Waals surface area contributed by atoms with Gasteiger partial charge in [0.1, 0.15) is 5.75 Å². The molecule has 0 spiro atoms. The summed E-state index contributed by atoms with van der Waals surface area (Å²) >= 11 is 5.82. The van der Waals surface area contributed by atoms with Crippen LogP contribution in [0.3, 0.4) is 0 Å². The zero-order chi connectivity index (χ0) is 18.5. The minimum absolute atomic E-state index is 0.281. The number of amides is 1. The van der Waals surface area contributed by atoms with Gasteiger partial charge in [-0.15, -0.1) is 10.2 Å². The molecule has 1 aromatic heterocycles. The molecule has 0 aliphatic rings. The number of hydrogen-bond acceptors (Lipinski definition) is 5. The van der Waals surface area contributed by atoms with Gasteiger partial charge >= 0.3 is 0 Å². The zero-order valence-electron chi connectivity index (χ0n) is 14.3. The molecule has 6 nitrogen and oxygen atoms in total. The van der Waals surface area contributed by atoms with Crippen LogP contribution < -0.4 is 15.4 Å². The van der Waals surface area contributed by atoms with E-state index in [0.29, 0.717) is 28.0 Å². The van der Waals surface area contributed by atoms with Crippen LogP contribution in [0.15, 0.2) is 54.6 Å². The van der Waals surface area contributed by atoms with Gasteiger partial charge in [-0.2, -0.15) is 0 Å². The third-order valence-corrected chi connectivity index (χ3v) is 3.88. The van der Waals surface area contributed by atoms with Crippen LogP contribution >= 0.6 is 11.6 Å². The fourth-order valence-corrected chi connectivity index (χ4v) is 2.44. The maximum absolute atomic E-state index is 12.2. The van der Waals surface area contributed by atoms with Gasteiger partial charge in [-0.3, -0.25) is 4.79 Å². The number of ether oxygens (including phenoxy) is 1. The topological polar surface area (TPSA) is 76.1 Å². The Morgan fingerprint density at radius 3 is 2.35 bits per heavy atom. The highest BCUT2D eigenvalue weighted by Gasteiger charge is 2.08. The molecule has 3 aromatic rings. The number of nitrogens with one attached hydrogen (secondary N) is 2. The van der Waals surface area contributed by atoms with E-state index in [0.717, 1.165) is 11.3 Å². The Hall–Kier alpha value is -3.12. The van der Waals surface area contributed by atoms with Crippen molar-refractivity contribution in [1.29, 1.82) is 0 Å². The molecular formula is C19H17ClN4O2. The monoisotopic (exact) mass is 368 g/mol. The van der Waals surface area contributed by atoms with Crippen molar-refractivity contribution >= 4 is 34.8 Å². The summed E-state index contributed by atoms with van der Waals surface area (Å²) in [4.78, 5) is 12.2. The molecule has 0 aliphatic carbocycles. The third kappa shape index (κ3) is 4.29. The average Bonchev–Trinajstić information content (AvgIpc) is 2.64. The van der Waals surface area contributed by atoms with E-state index in [-0.39, 0.29) is 5.91 Å². The van der Waals surface area contributed by atoms with Crippen LogP contribution in [0.5, 0.6) is 5.75 Å². The minimum atomic E-state index is -0.281. The van der Waals surface area contributed by atoms with Crippen LogP contribution in [0.1, 0.15) is 15.9 Å². The summed E-state index contributed by atoms with van der Waals surface area (Å²) in [5.74, 6) is 1.32. The van der Waals surface area contributed by atoms with E-state index in [4.69, 9.17) is 16.3 Å². The molecule has 132 valence electrons. The Bertz CT molecular complexity index is 912. The number of carbonyl (C=O) groups is 1. The summed E-state index contributed by atoms with van der Waals surface area (Å²) in [6.07, 6.45) is 0. The number of aryl methyl sites for hydroxylation is 1. The van der Waals surface area contributed by atoms with Crippen molar-refractivity contribution < 1.29 is 9.53 Å². The van der Waals surface area contributed by atoms with Crippen molar-refractivity contribution in [3.8, 4) is 5.75 Å². The second kappa shape index (κ2) is 7.84. The van der Waals surface area contributed by atoms with E-state index in [1.807, 2.05) is 25.1 Å². The van der Waals surface area contributed by atoms with Gasteiger partial charge in [0.25, 0.3) is 5.91 Å². The normalized spacial score (nSPS) is 10.3. The molecule has 0 radical (unpaired) electrons. The molecular weight excluding hydrogens is 352 g/mol. The molecule has 1 amide bonds. The minimum Gasteiger partial charge on any atom is -0.495 e. The number of benzene rings is 2. The number of rotatable bonds is 5. The van der Waals surface area contributed by atoms with Crippen molar-refractivity contribution in [2.45, 2.75) is 6.92 Å². The van der Waals surface area contributed by atoms with E-state index in [9.17, 15) is 4.79 Å². The maximum atomic E-state index is 12.2. The molecule has 26 heavy (non-hydrogen) atoms. The summed E-state index contributed by atoms with van der Waals surface area (Å²) in [7, 11) is 1.61. The summed E-state index contributed by atoms with van der Waals surface area (Å²) in [6.45, 7) is 1.99. The number of carbonyl (C=O) groups excluding carboxylic acids is 1. The van der Waals surface area contributed by atoms with Gasteiger partial charge in [0, 0.05) is 10.6 Å². The van der Waals surface area contributed by atoms with Gasteiger partial charge in [-0.25, -0.2) is 0 Å². The number of hydrogen-bond donors (Lipinski definition) is 2. The highest BCUT2D eigenvalue weighted by Crippen LogP contribution is 2.27. The first-order valence-electron chi connectivity index (χ1n) is 7.87. The van der Waals surface area contributed by atoms with Crippen LogP contribution in [0.2, 0.25) is 5.02 Å². The maximum Gasteiger partial charge on any atom is 0.256 e. The molecule has 2 N–H and O–H groups in total. The van der Waals surface area contributed by atoms with E-state index in [2.05, 4.69) is 20.8 Å². The largest absolute Gasteiger partial charge is 0.495 e. The first-order chi connectivity index (χ1) is 12.5. The molecule has 7 heteroatoms. The molecule has 0 atom stereocenters. The Kier molecular flexibility index (Phi) is 5.34. The average molecular weight is 369 g/mol. The first-order valence-corrected chi connectivity index (χ1v) is 8.25. The lowest BCUT2D eigenvalue weighted by molar-refractivity contribution is 0.102. The molecule has 0 bridgehead atoms. The summed E-state index contributed by atoms with van der Waals surface area (Å²) in [6, 6.07) is 15.8. The lowest BCUT2D eigenvalue weighted by atomic mass is 10.2. The molecule has 0 unspecified atom stereocenters. The summed E-state index contributed by atoms with van der Waals surface area (Å²) < 4.78 is 5.33. The van der Waals surface area contributed by atoms with Crippen LogP contribution in [0.4, 0.5) is 17.3 Å². The predicted molar refractivity (Wildman–Crippen MR) is 102 cm³/mol. The van der Waals surface area contributed by atoms with E-state index in [1.165, 1.54) is 0 Å². The lowest BCUT2D eigenvalue weighted by Crippen LogP contribution is -2.13. The van der Waals surface area contributed by atoms with Crippen molar-refractivity contribution in [3.63, 3.8) is 0 Å². The van der Waals surface area contributed by atoms with Crippen molar-refractivity contribution in [3.05, 3.63) is 70.7 Å². The van der Waals surface area contributed by atoms with Crippen molar-refractivity contribution in [2.24, 2.45) is 0 Å². The fourth-order valence-electron chi connectivity index (χ4n) is 2.31. The van der Waals surface area contributed by atoms with Gasteiger partial charge in [0.15, 0.2) is 11.6 Å². The van der Waals surface area contributed by atoms with Gasteiger partial charge in [-0.1, -0.05) is 17.7 Å². The first kappa shape index (κ1) is 17.7. The smallest absolute Gasteiger partial charge is 0.256 e. The molecule has 0 aliphatic heterocycles. The molecule has 0 saturated carbocycles. The molecule has 2 aromatic carbocycles. The van der Waals surface area contributed by atoms with Crippen molar-refractivity contribution in [1.82, 2.24) is 10.2 Å². The molecule has 0 fully saturated rings. The quantitative estimate of drug-likeness (QED) is 0.696. The zero-order valence-corrected chi connectivity index (χ0v) is 15.0. The number of halogens is 1. The van der Waals surface area contributed by atoms with E-state index >= 15 is 0 Å². The highest BCUT2D eigenvalue weighted by atomic mass is 35.5. The van der Waals surface area contributed by atoms with Gasteiger partial charge in [0.05, 0.1) is 12.8 Å². The molecule has 1 heterocycles. The predicted octanol–water partition coefficient (Wildman–Crippen LogP) is 4.44. The van der Waals surface area contributed by atoms with Gasteiger partial charge < -0.3 is 15.4 Å². The lowest BCUT2D eigenvalue weighted by Gasteiger charge is -2.11. The standard InChI is InChI=1S/C19H17ClN4O2/c1-12-3-8-16(26-2)15(11-12)21-17-9-10-18(24-23-17)22-19(25)13-4-6-14(20)7-5-13/h3-11H,1-2H3,(H,21,23)(H,22,24,25). The Morgan fingerprint density at radius 2 is 1.69 bits per heavy atom. The Balaban J connectivity index is 1.70.